The molecule has 0 fully saturated rings. The van der Waals surface area contributed by atoms with Gasteiger partial charge in [0, 0.05) is 11.1 Å². The highest BCUT2D eigenvalue weighted by atomic mass is 35.5. The molecule has 0 aliphatic rings. The number of hydrogen-bond acceptors (Lipinski definition) is 6. The van der Waals surface area contributed by atoms with Gasteiger partial charge in [-0.05, 0) is 42.5 Å². The van der Waals surface area contributed by atoms with Crippen molar-refractivity contribution in [1.29, 1.82) is 0 Å². The van der Waals surface area contributed by atoms with Gasteiger partial charge in [0.25, 0.3) is 21.6 Å². The summed E-state index contributed by atoms with van der Waals surface area (Å²) >= 11 is 5.85. The molecule has 3 rings (SSSR count). The van der Waals surface area contributed by atoms with Gasteiger partial charge in [-0.15, -0.1) is 0 Å². The Balaban J connectivity index is 1.82. The molecule has 0 bridgehead atoms. The average Bonchev–Trinajstić information content (AvgIpc) is 2.78. The Labute approximate surface area is 189 Å². The summed E-state index contributed by atoms with van der Waals surface area (Å²) in [5.74, 6) is -0.735. The number of amides is 1. The summed E-state index contributed by atoms with van der Waals surface area (Å²) in [5, 5.41) is 15.2. The van der Waals surface area contributed by atoms with Crippen molar-refractivity contribution >= 4 is 45.1 Å². The van der Waals surface area contributed by atoms with Crippen LogP contribution < -0.4 is 9.73 Å². The van der Waals surface area contributed by atoms with Crippen molar-refractivity contribution in [3.63, 3.8) is 0 Å². The molecule has 1 amide bonds. The first-order valence-electron chi connectivity index (χ1n) is 9.18. The van der Waals surface area contributed by atoms with Gasteiger partial charge in [0.05, 0.1) is 27.3 Å². The third-order valence-corrected chi connectivity index (χ3v) is 6.30. The third kappa shape index (κ3) is 5.48. The van der Waals surface area contributed by atoms with E-state index in [4.69, 9.17) is 11.6 Å². The van der Waals surface area contributed by atoms with Gasteiger partial charge in [0.15, 0.2) is 0 Å². The van der Waals surface area contributed by atoms with Crippen LogP contribution >= 0.6 is 11.6 Å². The lowest BCUT2D eigenvalue weighted by Gasteiger charge is -2.23. The van der Waals surface area contributed by atoms with Gasteiger partial charge in [-0.3, -0.25) is 19.2 Å². The first-order valence-corrected chi connectivity index (χ1v) is 11.0. The zero-order chi connectivity index (χ0) is 23.1. The van der Waals surface area contributed by atoms with E-state index in [2.05, 4.69) is 10.5 Å². The number of carbonyl (C=O) groups excluding carboxylic acids is 1. The molecule has 0 saturated carbocycles. The minimum Gasteiger partial charge on any atom is -0.271 e. The summed E-state index contributed by atoms with van der Waals surface area (Å²) in [6, 6.07) is 19.5. The number of carbonyl (C=O) groups is 1. The summed E-state index contributed by atoms with van der Waals surface area (Å²) in [4.78, 5) is 22.9. The van der Waals surface area contributed by atoms with Gasteiger partial charge in [-0.1, -0.05) is 41.9 Å². The lowest BCUT2D eigenvalue weighted by Crippen LogP contribution is -2.39. The molecule has 1 N–H and O–H groups in total. The zero-order valence-corrected chi connectivity index (χ0v) is 18.0. The Morgan fingerprint density at radius 1 is 1.03 bits per heavy atom. The van der Waals surface area contributed by atoms with Gasteiger partial charge in [0.1, 0.15) is 6.54 Å². The zero-order valence-electron chi connectivity index (χ0n) is 16.5. The first kappa shape index (κ1) is 22.9. The fourth-order valence-electron chi connectivity index (χ4n) is 2.75. The van der Waals surface area contributed by atoms with E-state index in [1.54, 1.807) is 36.4 Å². The molecule has 0 radical (unpaired) electrons. The van der Waals surface area contributed by atoms with E-state index in [0.717, 1.165) is 10.5 Å². The molecule has 0 atom stereocenters. The Kier molecular flexibility index (Phi) is 7.18. The summed E-state index contributed by atoms with van der Waals surface area (Å²) in [7, 11) is -4.09. The molecule has 164 valence electrons. The second-order valence-corrected chi connectivity index (χ2v) is 8.71. The largest absolute Gasteiger partial charge is 0.278 e. The number of halogens is 1. The van der Waals surface area contributed by atoms with E-state index in [-0.39, 0.29) is 21.8 Å². The number of nitro benzene ring substituents is 1. The molecule has 3 aromatic carbocycles. The van der Waals surface area contributed by atoms with Crippen LogP contribution in [-0.2, 0) is 14.8 Å². The van der Waals surface area contributed by atoms with Crippen molar-refractivity contribution in [2.24, 2.45) is 5.10 Å². The van der Waals surface area contributed by atoms with Crippen LogP contribution in [0.2, 0.25) is 5.02 Å². The average molecular weight is 473 g/mol. The Morgan fingerprint density at radius 3 is 2.31 bits per heavy atom. The number of anilines is 1. The van der Waals surface area contributed by atoms with Crippen LogP contribution in [0.15, 0.2) is 88.9 Å². The van der Waals surface area contributed by atoms with Gasteiger partial charge in [-0.25, -0.2) is 13.8 Å². The summed E-state index contributed by atoms with van der Waals surface area (Å²) in [6.07, 6.45) is 1.12. The lowest BCUT2D eigenvalue weighted by atomic mass is 10.2. The Hall–Kier alpha value is -3.76. The van der Waals surface area contributed by atoms with Crippen molar-refractivity contribution in [3.05, 3.63) is 99.6 Å². The molecule has 3 aromatic rings. The quantitative estimate of drug-likeness (QED) is 0.305. The van der Waals surface area contributed by atoms with Gasteiger partial charge < -0.3 is 0 Å². The topological polar surface area (TPSA) is 122 Å². The second-order valence-electron chi connectivity index (χ2n) is 6.41. The maximum atomic E-state index is 13.2. The van der Waals surface area contributed by atoms with Crippen molar-refractivity contribution in [1.82, 2.24) is 5.43 Å². The van der Waals surface area contributed by atoms with Crippen molar-refractivity contribution in [2.75, 3.05) is 10.8 Å². The van der Waals surface area contributed by atoms with Crippen molar-refractivity contribution in [2.45, 2.75) is 4.90 Å². The third-order valence-electron chi connectivity index (χ3n) is 4.26. The summed E-state index contributed by atoms with van der Waals surface area (Å²) in [6.45, 7) is -0.566. The SMILES string of the molecule is O=C(CN(c1ccccc1)S(=O)(=O)c1ccc(Cl)cc1)N/N=C\c1ccccc1[N+](=O)[O-]. The standard InChI is InChI=1S/C21H17ClN4O5S/c22-17-10-12-19(13-11-17)32(30,31)25(18-7-2-1-3-8-18)15-21(27)24-23-14-16-6-4-5-9-20(16)26(28)29/h1-14H,15H2,(H,24,27)/b23-14-. The second kappa shape index (κ2) is 10.0. The number of nitrogens with one attached hydrogen (secondary N) is 1. The van der Waals surface area contributed by atoms with E-state index < -0.39 is 27.4 Å². The van der Waals surface area contributed by atoms with Gasteiger partial charge in [0.2, 0.25) is 0 Å². The predicted molar refractivity (Wildman–Crippen MR) is 121 cm³/mol. The smallest absolute Gasteiger partial charge is 0.271 e. The highest BCUT2D eigenvalue weighted by Gasteiger charge is 2.27. The normalized spacial score (nSPS) is 11.3. The van der Waals surface area contributed by atoms with Crippen LogP contribution in [0.1, 0.15) is 5.56 Å². The molecular weight excluding hydrogens is 456 g/mol. The number of nitrogens with zero attached hydrogens (tertiary/aromatic N) is 3. The molecule has 9 nitrogen and oxygen atoms in total. The molecule has 0 aliphatic heterocycles. The molecule has 0 spiro atoms. The molecule has 0 aliphatic carbocycles. The van der Waals surface area contributed by atoms with E-state index >= 15 is 0 Å². The molecule has 0 unspecified atom stereocenters. The summed E-state index contributed by atoms with van der Waals surface area (Å²) < 4.78 is 27.3. The first-order chi connectivity index (χ1) is 15.3. The van der Waals surface area contributed by atoms with E-state index in [1.807, 2.05) is 0 Å². The van der Waals surface area contributed by atoms with E-state index in [9.17, 15) is 23.3 Å². The number of benzene rings is 3. The molecule has 11 heteroatoms. The molecule has 32 heavy (non-hydrogen) atoms. The number of hydrazone groups is 1. The van der Waals surface area contributed by atoms with Crippen LogP contribution in [-0.4, -0.2) is 32.0 Å². The number of nitro groups is 1. The van der Waals surface area contributed by atoms with Crippen LogP contribution in [0.4, 0.5) is 11.4 Å². The summed E-state index contributed by atoms with van der Waals surface area (Å²) in [5.41, 5.74) is 2.50. The minimum absolute atomic E-state index is 0.0398. The number of para-hydroxylation sites is 2. The van der Waals surface area contributed by atoms with E-state index in [1.165, 1.54) is 42.5 Å². The minimum atomic E-state index is -4.09. The monoisotopic (exact) mass is 472 g/mol. The van der Waals surface area contributed by atoms with Crippen LogP contribution in [0.5, 0.6) is 0 Å². The fourth-order valence-corrected chi connectivity index (χ4v) is 4.29. The number of hydrogen-bond donors (Lipinski definition) is 1. The lowest BCUT2D eigenvalue weighted by molar-refractivity contribution is -0.385. The van der Waals surface area contributed by atoms with Crippen LogP contribution in [0.25, 0.3) is 0 Å². The predicted octanol–water partition coefficient (Wildman–Crippen LogP) is 3.59. The van der Waals surface area contributed by atoms with Crippen molar-refractivity contribution in [3.8, 4) is 0 Å². The fraction of sp³-hybridized carbons (Fsp3) is 0.0476. The highest BCUT2D eigenvalue weighted by molar-refractivity contribution is 7.92. The van der Waals surface area contributed by atoms with E-state index in [0.29, 0.717) is 5.02 Å². The number of rotatable bonds is 8. The maximum Gasteiger partial charge on any atom is 0.278 e. The highest BCUT2D eigenvalue weighted by Crippen LogP contribution is 2.24. The van der Waals surface area contributed by atoms with Gasteiger partial charge in [-0.2, -0.15) is 5.10 Å². The Bertz CT molecular complexity index is 1250. The van der Waals surface area contributed by atoms with Crippen LogP contribution in [0, 0.1) is 10.1 Å². The molecule has 0 saturated heterocycles. The molecule has 0 heterocycles. The molecule has 0 aromatic heterocycles. The van der Waals surface area contributed by atoms with Crippen LogP contribution in [0.3, 0.4) is 0 Å². The number of sulfonamides is 1. The van der Waals surface area contributed by atoms with Gasteiger partial charge >= 0.3 is 0 Å². The Morgan fingerprint density at radius 2 is 1.66 bits per heavy atom. The maximum absolute atomic E-state index is 13.2. The van der Waals surface area contributed by atoms with Crippen molar-refractivity contribution < 1.29 is 18.1 Å². The molecular formula is C21H17ClN4O5S.